The maximum absolute atomic E-state index is 5.54. The van der Waals surface area contributed by atoms with Gasteiger partial charge in [-0.05, 0) is 60.7 Å². The second kappa shape index (κ2) is 18.8. The summed E-state index contributed by atoms with van der Waals surface area (Å²) in [5.74, 6) is 0. The molecule has 0 atom stereocenters. The zero-order chi connectivity index (χ0) is 42.4. The highest BCUT2D eigenvalue weighted by molar-refractivity contribution is 5.73. The molecular weight excluding hydrogens is 777 g/mol. The number of ether oxygens (including phenoxy) is 4. The van der Waals surface area contributed by atoms with Gasteiger partial charge in [-0.15, -0.1) is 0 Å². The number of hydrogen-bond donors (Lipinski definition) is 0. The van der Waals surface area contributed by atoms with Crippen molar-refractivity contribution >= 4 is 44.1 Å². The van der Waals surface area contributed by atoms with Gasteiger partial charge in [-0.1, -0.05) is 48.5 Å². The normalized spacial score (nSPS) is 11.9. The summed E-state index contributed by atoms with van der Waals surface area (Å²) in [5.41, 5.74) is 14.7. The monoisotopic (exact) mass is 834 g/mol. The van der Waals surface area contributed by atoms with Crippen molar-refractivity contribution in [2.24, 2.45) is 0 Å². The first-order chi connectivity index (χ1) is 30.6. The van der Waals surface area contributed by atoms with E-state index in [0.717, 1.165) is 26.2 Å². The molecule has 12 nitrogen and oxygen atoms in total. The molecule has 0 N–H and O–H groups in total. The van der Waals surface area contributed by atoms with Crippen LogP contribution in [0.4, 0.5) is 0 Å². The second-order valence-electron chi connectivity index (χ2n) is 16.1. The Kier molecular flexibility index (Phi) is 12.5. The van der Waals surface area contributed by atoms with Gasteiger partial charge in [-0.2, -0.15) is 0 Å². The Morgan fingerprint density at radius 1 is 0.339 bits per heavy atom. The number of nitrogens with zero attached hydrogens (tertiary/aromatic N) is 8. The molecule has 4 aromatic heterocycles. The van der Waals surface area contributed by atoms with Gasteiger partial charge in [-0.25, -0.2) is 36.5 Å². The van der Waals surface area contributed by atoms with E-state index in [1.165, 1.54) is 66.4 Å². The predicted octanol–water partition coefficient (Wildman–Crippen LogP) is 5.43. The minimum Gasteiger partial charge on any atom is -0.381 e. The minimum absolute atomic E-state index is 0.640. The van der Waals surface area contributed by atoms with E-state index in [9.17, 15) is 0 Å². The molecule has 9 aromatic rings. The van der Waals surface area contributed by atoms with Gasteiger partial charge in [0, 0.05) is 50.7 Å². The topological polar surface area (TPSA) is 72.2 Å². The Morgan fingerprint density at radius 3 is 0.790 bits per heavy atom. The van der Waals surface area contributed by atoms with Gasteiger partial charge >= 0.3 is 0 Å². The smallest absolute Gasteiger partial charge is 0.245 e. The van der Waals surface area contributed by atoms with E-state index in [4.69, 9.17) is 18.9 Å². The number of hydrogen-bond acceptors (Lipinski definition) is 4. The number of rotatable bonds is 20. The zero-order valence-corrected chi connectivity index (χ0v) is 36.4. The average molecular weight is 835 g/mol. The highest BCUT2D eigenvalue weighted by Crippen LogP contribution is 2.23. The lowest BCUT2D eigenvalue weighted by atomic mass is 9.97. The standard InChI is InChI=1S/C50H58N8O4/c1-59-25-21-51-35-55(47-17-9-5-13-43(47)51)31-39-29-41(33-57-37-53(23-27-61-3)45-15-7-11-19-49(45)57)42(34-58-38-54(24-28-62-4)46-16-8-12-20-50(46)58)30-40(39)32-56-36-52(22-26-60-2)44-14-6-10-18-48(44)56/h5-20,29-30,35-38H,21-28,31-34H2,1-4H3/q+4. The maximum atomic E-state index is 5.54. The molecule has 0 aliphatic heterocycles. The summed E-state index contributed by atoms with van der Waals surface area (Å²) < 4.78 is 41.0. The highest BCUT2D eigenvalue weighted by Gasteiger charge is 2.25. The molecule has 0 unspecified atom stereocenters. The van der Waals surface area contributed by atoms with Crippen molar-refractivity contribution in [2.75, 3.05) is 54.9 Å². The van der Waals surface area contributed by atoms with Crippen molar-refractivity contribution < 1.29 is 37.2 Å². The van der Waals surface area contributed by atoms with Crippen LogP contribution in [0.2, 0.25) is 0 Å². The number of aromatic nitrogens is 8. The lowest BCUT2D eigenvalue weighted by Crippen LogP contribution is -2.39. The summed E-state index contributed by atoms with van der Waals surface area (Å²) in [6.07, 6.45) is 9.03. The fourth-order valence-corrected chi connectivity index (χ4v) is 9.06. The molecule has 5 aromatic carbocycles. The molecule has 4 heterocycles. The highest BCUT2D eigenvalue weighted by atomic mass is 16.5. The Labute approximate surface area is 362 Å². The molecule has 0 bridgehead atoms. The van der Waals surface area contributed by atoms with Gasteiger partial charge in [0.25, 0.3) is 0 Å². The average Bonchev–Trinajstić information content (AvgIpc) is 4.05. The van der Waals surface area contributed by atoms with Crippen LogP contribution in [0.5, 0.6) is 0 Å². The van der Waals surface area contributed by atoms with Crippen LogP contribution < -0.4 is 18.3 Å². The molecule has 0 saturated heterocycles. The molecule has 318 valence electrons. The number of fused-ring (bicyclic) bond motifs is 4. The van der Waals surface area contributed by atoms with E-state index in [1.807, 2.05) is 0 Å². The SMILES string of the molecule is COCCn1c[n+](Cc2cc(C[n+]3cn(CCOC)c4ccccc43)c(C[n+]3cn(CCOC)c4ccccc43)cc2C[n+]2cn(CCOC)c3ccccc32)c2ccccc21. The van der Waals surface area contributed by atoms with E-state index in [-0.39, 0.29) is 0 Å². The molecular formula is C50H58N8O4+4. The van der Waals surface area contributed by atoms with Crippen LogP contribution >= 0.6 is 0 Å². The van der Waals surface area contributed by atoms with Crippen LogP contribution in [0.3, 0.4) is 0 Å². The Morgan fingerprint density at radius 2 is 0.565 bits per heavy atom. The maximum Gasteiger partial charge on any atom is 0.245 e. The molecule has 0 amide bonds. The summed E-state index contributed by atoms with van der Waals surface area (Å²) in [6, 6.07) is 39.7. The van der Waals surface area contributed by atoms with Crippen molar-refractivity contribution in [3.8, 4) is 0 Å². The number of imidazole rings is 4. The Bertz CT molecular complexity index is 2560. The minimum atomic E-state index is 0.640. The molecule has 62 heavy (non-hydrogen) atoms. The number of methoxy groups -OCH3 is 4. The summed E-state index contributed by atoms with van der Waals surface area (Å²) in [7, 11) is 7.06. The lowest BCUT2D eigenvalue weighted by molar-refractivity contribution is -0.670. The van der Waals surface area contributed by atoms with Crippen LogP contribution in [0, 0.1) is 0 Å². The zero-order valence-electron chi connectivity index (χ0n) is 36.4. The summed E-state index contributed by atoms with van der Waals surface area (Å²) in [6.45, 7) is 8.48. The van der Waals surface area contributed by atoms with Gasteiger partial charge < -0.3 is 18.9 Å². The molecule has 0 radical (unpaired) electrons. The third kappa shape index (κ3) is 8.38. The van der Waals surface area contributed by atoms with Crippen molar-refractivity contribution in [2.45, 2.75) is 52.4 Å². The second-order valence-corrected chi connectivity index (χ2v) is 16.1. The summed E-state index contributed by atoms with van der Waals surface area (Å²) >= 11 is 0. The van der Waals surface area contributed by atoms with Gasteiger partial charge in [0.15, 0.2) is 44.1 Å². The lowest BCUT2D eigenvalue weighted by Gasteiger charge is -2.15. The number of benzene rings is 5. The molecule has 0 aliphatic rings. The molecule has 0 fully saturated rings. The quantitative estimate of drug-likeness (QED) is 0.0962. The molecule has 9 rings (SSSR count). The molecule has 12 heteroatoms. The van der Waals surface area contributed by atoms with Crippen LogP contribution in [0.15, 0.2) is 135 Å². The fraction of sp³-hybridized carbons (Fsp3) is 0.320. The van der Waals surface area contributed by atoms with Crippen LogP contribution in [0.1, 0.15) is 22.3 Å². The third-order valence-electron chi connectivity index (χ3n) is 12.1. The Hall–Kier alpha value is -6.18. The third-order valence-corrected chi connectivity index (χ3v) is 12.1. The van der Waals surface area contributed by atoms with Crippen molar-refractivity contribution in [3.63, 3.8) is 0 Å². The first-order valence-corrected chi connectivity index (χ1v) is 21.6. The van der Waals surface area contributed by atoms with Crippen LogP contribution in [-0.4, -0.2) is 73.1 Å². The largest absolute Gasteiger partial charge is 0.381 e. The van der Waals surface area contributed by atoms with Gasteiger partial charge in [0.05, 0.1) is 26.4 Å². The molecule has 0 aliphatic carbocycles. The van der Waals surface area contributed by atoms with Gasteiger partial charge in [-0.3, -0.25) is 0 Å². The van der Waals surface area contributed by atoms with E-state index >= 15 is 0 Å². The summed E-state index contributed by atoms with van der Waals surface area (Å²) in [5, 5.41) is 0. The van der Waals surface area contributed by atoms with Gasteiger partial charge in [0.2, 0.25) is 25.3 Å². The van der Waals surface area contributed by atoms with Crippen molar-refractivity contribution in [1.29, 1.82) is 0 Å². The predicted molar refractivity (Wildman–Crippen MR) is 239 cm³/mol. The first kappa shape index (κ1) is 41.2. The van der Waals surface area contributed by atoms with E-state index in [0.29, 0.717) is 52.6 Å². The van der Waals surface area contributed by atoms with Crippen LogP contribution in [0.25, 0.3) is 44.1 Å². The van der Waals surface area contributed by atoms with E-state index < -0.39 is 0 Å². The fourth-order valence-electron chi connectivity index (χ4n) is 9.06. The first-order valence-electron chi connectivity index (χ1n) is 21.6. The number of para-hydroxylation sites is 8. The van der Waals surface area contributed by atoms with Crippen molar-refractivity contribution in [1.82, 2.24) is 18.3 Å². The van der Waals surface area contributed by atoms with Crippen molar-refractivity contribution in [3.05, 3.63) is 157 Å². The van der Waals surface area contributed by atoms with Crippen LogP contribution in [-0.2, 0) is 71.3 Å². The summed E-state index contributed by atoms with van der Waals surface area (Å²) in [4.78, 5) is 0. The molecule has 0 spiro atoms. The molecule has 0 saturated carbocycles. The van der Waals surface area contributed by atoms with E-state index in [2.05, 4.69) is 171 Å². The van der Waals surface area contributed by atoms with E-state index in [1.54, 1.807) is 28.4 Å². The van der Waals surface area contributed by atoms with Gasteiger partial charge in [0.1, 0.15) is 52.4 Å². The Balaban J connectivity index is 1.23.